The first-order valence-corrected chi connectivity index (χ1v) is 6.16. The molecule has 17 heavy (non-hydrogen) atoms. The van der Waals surface area contributed by atoms with Gasteiger partial charge in [-0.3, -0.25) is 9.59 Å². The van der Waals surface area contributed by atoms with Crippen LogP contribution in [0, 0.1) is 5.82 Å². The molecule has 0 unspecified atom stereocenters. The van der Waals surface area contributed by atoms with E-state index in [0.29, 0.717) is 0 Å². The van der Waals surface area contributed by atoms with Crippen molar-refractivity contribution in [1.29, 1.82) is 0 Å². The van der Waals surface area contributed by atoms with Gasteiger partial charge in [0.05, 0.1) is 12.4 Å². The van der Waals surface area contributed by atoms with Crippen molar-refractivity contribution in [2.75, 3.05) is 12.4 Å². The number of halogens is 1. The molecule has 1 aromatic rings. The van der Waals surface area contributed by atoms with Gasteiger partial charge in [-0.1, -0.05) is 0 Å². The molecule has 0 aliphatic heterocycles. The molecule has 0 bridgehead atoms. The van der Waals surface area contributed by atoms with Crippen molar-refractivity contribution in [3.8, 4) is 0 Å². The lowest BCUT2D eigenvalue weighted by atomic mass is 10.3. The monoisotopic (exact) mass is 256 g/mol. The third-order valence-electron chi connectivity index (χ3n) is 1.86. The SMILES string of the molecule is CCOC(=O)CC(=O)CSc1ccc(F)cc1. The zero-order valence-corrected chi connectivity index (χ0v) is 10.3. The number of hydrogen-bond donors (Lipinski definition) is 0. The first kappa shape index (κ1) is 13.7. The van der Waals surface area contributed by atoms with E-state index < -0.39 is 5.97 Å². The van der Waals surface area contributed by atoms with E-state index in [-0.39, 0.29) is 30.4 Å². The van der Waals surface area contributed by atoms with Crippen LogP contribution < -0.4 is 0 Å². The molecule has 0 amide bonds. The third-order valence-corrected chi connectivity index (χ3v) is 2.93. The maximum Gasteiger partial charge on any atom is 0.313 e. The number of benzene rings is 1. The molecule has 0 aliphatic rings. The molecule has 0 heterocycles. The van der Waals surface area contributed by atoms with Crippen LogP contribution in [-0.2, 0) is 14.3 Å². The summed E-state index contributed by atoms with van der Waals surface area (Å²) in [7, 11) is 0. The van der Waals surface area contributed by atoms with E-state index in [1.54, 1.807) is 19.1 Å². The van der Waals surface area contributed by atoms with Crippen LogP contribution in [0.3, 0.4) is 0 Å². The average Bonchev–Trinajstić information content (AvgIpc) is 2.28. The summed E-state index contributed by atoms with van der Waals surface area (Å²) in [5.41, 5.74) is 0. The number of hydrogen-bond acceptors (Lipinski definition) is 4. The van der Waals surface area contributed by atoms with Crippen LogP contribution in [0.1, 0.15) is 13.3 Å². The number of carbonyl (C=O) groups is 2. The third kappa shape index (κ3) is 5.49. The zero-order chi connectivity index (χ0) is 12.7. The minimum Gasteiger partial charge on any atom is -0.466 e. The first-order valence-electron chi connectivity index (χ1n) is 5.17. The number of ether oxygens (including phenoxy) is 1. The van der Waals surface area contributed by atoms with Crippen molar-refractivity contribution in [2.24, 2.45) is 0 Å². The van der Waals surface area contributed by atoms with E-state index in [0.717, 1.165) is 4.90 Å². The van der Waals surface area contributed by atoms with E-state index in [2.05, 4.69) is 4.74 Å². The second-order valence-corrected chi connectivity index (χ2v) is 4.31. The summed E-state index contributed by atoms with van der Waals surface area (Å²) < 4.78 is 17.3. The molecule has 3 nitrogen and oxygen atoms in total. The van der Waals surface area contributed by atoms with Gasteiger partial charge in [0.1, 0.15) is 12.2 Å². The van der Waals surface area contributed by atoms with Gasteiger partial charge in [-0.2, -0.15) is 0 Å². The number of rotatable bonds is 6. The Balaban J connectivity index is 2.33. The Morgan fingerprint density at radius 2 is 1.94 bits per heavy atom. The highest BCUT2D eigenvalue weighted by Crippen LogP contribution is 2.18. The van der Waals surface area contributed by atoms with Crippen molar-refractivity contribution in [3.05, 3.63) is 30.1 Å². The van der Waals surface area contributed by atoms with Crippen LogP contribution in [0.2, 0.25) is 0 Å². The molecule has 1 rings (SSSR count). The van der Waals surface area contributed by atoms with Crippen LogP contribution in [-0.4, -0.2) is 24.1 Å². The Morgan fingerprint density at radius 1 is 1.29 bits per heavy atom. The molecule has 0 saturated carbocycles. The summed E-state index contributed by atoms with van der Waals surface area (Å²) in [6.07, 6.45) is -0.206. The molecular weight excluding hydrogens is 243 g/mol. The second-order valence-electron chi connectivity index (χ2n) is 3.26. The first-order chi connectivity index (χ1) is 8.11. The summed E-state index contributed by atoms with van der Waals surface area (Å²) in [4.78, 5) is 23.2. The molecule has 0 aliphatic carbocycles. The maximum atomic E-state index is 12.6. The average molecular weight is 256 g/mol. The minimum absolute atomic E-state index is 0.185. The molecular formula is C12H13FO3S. The standard InChI is InChI=1S/C12H13FO3S/c1-2-16-12(15)7-10(14)8-17-11-5-3-9(13)4-6-11/h3-6H,2,7-8H2,1H3. The van der Waals surface area contributed by atoms with Crippen LogP contribution in [0.15, 0.2) is 29.2 Å². The summed E-state index contributed by atoms with van der Waals surface area (Å²) in [5.74, 6) is -0.827. The van der Waals surface area contributed by atoms with Crippen molar-refractivity contribution >= 4 is 23.5 Å². The Bertz CT molecular complexity index is 389. The highest BCUT2D eigenvalue weighted by atomic mass is 32.2. The molecule has 0 fully saturated rings. The van der Waals surface area contributed by atoms with Crippen LogP contribution >= 0.6 is 11.8 Å². The van der Waals surface area contributed by atoms with Gasteiger partial charge in [0.15, 0.2) is 5.78 Å². The molecule has 0 spiro atoms. The van der Waals surface area contributed by atoms with Crippen LogP contribution in [0.4, 0.5) is 4.39 Å². The molecule has 92 valence electrons. The number of ketones is 1. The molecule has 0 atom stereocenters. The number of esters is 1. The lowest BCUT2D eigenvalue weighted by molar-refractivity contribution is -0.145. The van der Waals surface area contributed by atoms with Gasteiger partial charge < -0.3 is 4.74 Å². The topological polar surface area (TPSA) is 43.4 Å². The van der Waals surface area contributed by atoms with E-state index in [9.17, 15) is 14.0 Å². The summed E-state index contributed by atoms with van der Waals surface area (Å²) >= 11 is 1.27. The normalized spacial score (nSPS) is 10.0. The fourth-order valence-corrected chi connectivity index (χ4v) is 1.88. The molecule has 0 N–H and O–H groups in total. The Kier molecular flexibility index (Phi) is 5.69. The van der Waals surface area contributed by atoms with Gasteiger partial charge in [0.25, 0.3) is 0 Å². The van der Waals surface area contributed by atoms with Crippen LogP contribution in [0.5, 0.6) is 0 Å². The minimum atomic E-state index is -0.503. The lowest BCUT2D eigenvalue weighted by Gasteiger charge is -2.02. The summed E-state index contributed by atoms with van der Waals surface area (Å²) in [6.45, 7) is 1.97. The number of thioether (sulfide) groups is 1. The summed E-state index contributed by atoms with van der Waals surface area (Å²) in [5, 5.41) is 0. The molecule has 1 aromatic carbocycles. The number of carbonyl (C=O) groups excluding carboxylic acids is 2. The number of Topliss-reactive ketones (excluding diaryl/α,β-unsaturated/α-hetero) is 1. The second kappa shape index (κ2) is 7.06. The predicted octanol–water partition coefficient (Wildman–Crippen LogP) is 2.44. The maximum absolute atomic E-state index is 12.6. The Hall–Kier alpha value is -1.36. The fourth-order valence-electron chi connectivity index (χ4n) is 1.12. The van der Waals surface area contributed by atoms with E-state index in [4.69, 9.17) is 0 Å². The zero-order valence-electron chi connectivity index (χ0n) is 9.44. The smallest absolute Gasteiger partial charge is 0.313 e. The lowest BCUT2D eigenvalue weighted by Crippen LogP contribution is -2.12. The van der Waals surface area contributed by atoms with Crippen molar-refractivity contribution in [3.63, 3.8) is 0 Å². The molecule has 0 saturated heterocycles. The highest BCUT2D eigenvalue weighted by Gasteiger charge is 2.10. The Morgan fingerprint density at radius 3 is 2.53 bits per heavy atom. The Labute approximate surface area is 103 Å². The van der Waals surface area contributed by atoms with Gasteiger partial charge in [0.2, 0.25) is 0 Å². The summed E-state index contributed by atoms with van der Waals surface area (Å²) in [6, 6.07) is 5.85. The highest BCUT2D eigenvalue weighted by molar-refractivity contribution is 8.00. The quantitative estimate of drug-likeness (QED) is 0.445. The molecule has 0 radical (unpaired) electrons. The van der Waals surface area contributed by atoms with Crippen LogP contribution in [0.25, 0.3) is 0 Å². The molecule has 0 aromatic heterocycles. The van der Waals surface area contributed by atoms with Crippen molar-refractivity contribution in [2.45, 2.75) is 18.2 Å². The van der Waals surface area contributed by atoms with Crippen molar-refractivity contribution < 1.29 is 18.7 Å². The van der Waals surface area contributed by atoms with Gasteiger partial charge in [-0.15, -0.1) is 11.8 Å². The van der Waals surface area contributed by atoms with E-state index >= 15 is 0 Å². The largest absolute Gasteiger partial charge is 0.466 e. The van der Waals surface area contributed by atoms with Crippen molar-refractivity contribution in [1.82, 2.24) is 0 Å². The fraction of sp³-hybridized carbons (Fsp3) is 0.333. The predicted molar refractivity (Wildman–Crippen MR) is 63.4 cm³/mol. The van der Waals surface area contributed by atoms with E-state index in [1.165, 1.54) is 23.9 Å². The van der Waals surface area contributed by atoms with Gasteiger partial charge in [-0.25, -0.2) is 4.39 Å². The van der Waals surface area contributed by atoms with Gasteiger partial charge in [0, 0.05) is 4.90 Å². The van der Waals surface area contributed by atoms with Gasteiger partial charge in [-0.05, 0) is 31.2 Å². The van der Waals surface area contributed by atoms with E-state index in [1.807, 2.05) is 0 Å². The van der Waals surface area contributed by atoms with Gasteiger partial charge >= 0.3 is 5.97 Å². The molecule has 5 heteroatoms.